The normalized spacial score (nSPS) is 10.6. The van der Waals surface area contributed by atoms with E-state index in [1.54, 1.807) is 0 Å². The van der Waals surface area contributed by atoms with Crippen LogP contribution in [0, 0.1) is 0 Å². The Morgan fingerprint density at radius 3 is 2.50 bits per heavy atom. The Hall–Kier alpha value is -2.73. The molecule has 2 aromatic carbocycles. The zero-order valence-electron chi connectivity index (χ0n) is 13.3. The van der Waals surface area contributed by atoms with Crippen molar-refractivity contribution in [2.45, 2.75) is 13.5 Å². The predicted molar refractivity (Wildman–Crippen MR) is 96.8 cm³/mol. The highest BCUT2D eigenvalue weighted by Crippen LogP contribution is 2.29. The van der Waals surface area contributed by atoms with E-state index >= 15 is 0 Å². The number of rotatable bonds is 7. The number of hydrogen-bond donors (Lipinski definition) is 2. The van der Waals surface area contributed by atoms with Crippen LogP contribution in [0.5, 0.6) is 11.5 Å². The van der Waals surface area contributed by atoms with Gasteiger partial charge in [-0.3, -0.25) is 0 Å². The lowest BCUT2D eigenvalue weighted by molar-refractivity contribution is 0.269. The monoisotopic (exact) mass is 346 g/mol. The van der Waals surface area contributed by atoms with Gasteiger partial charge in [-0.05, 0) is 48.4 Å². The second-order valence-corrected chi connectivity index (χ2v) is 5.26. The Labute approximate surface area is 145 Å². The van der Waals surface area contributed by atoms with E-state index in [1.807, 2.05) is 49.4 Å². The molecule has 0 fully saturated rings. The van der Waals surface area contributed by atoms with Crippen LogP contribution in [-0.2, 0) is 6.61 Å². The summed E-state index contributed by atoms with van der Waals surface area (Å²) < 4.78 is 11.5. The van der Waals surface area contributed by atoms with Gasteiger partial charge in [-0.1, -0.05) is 23.7 Å². The predicted octanol–water partition coefficient (Wildman–Crippen LogP) is 2.93. The Morgan fingerprint density at radius 2 is 1.83 bits per heavy atom. The number of nitrogens with two attached hydrogens (primary N) is 2. The highest BCUT2D eigenvalue weighted by atomic mass is 35.5. The molecule has 0 aliphatic carbocycles. The Balaban J connectivity index is 2.12. The molecule has 0 spiro atoms. The van der Waals surface area contributed by atoms with Crippen molar-refractivity contribution >= 4 is 23.8 Å². The van der Waals surface area contributed by atoms with Crippen LogP contribution in [0.1, 0.15) is 18.1 Å². The van der Waals surface area contributed by atoms with Gasteiger partial charge in [0, 0.05) is 5.02 Å². The molecule has 0 bridgehead atoms. The van der Waals surface area contributed by atoms with Gasteiger partial charge in [0.25, 0.3) is 0 Å². The average Bonchev–Trinajstić information content (AvgIpc) is 2.55. The molecule has 0 heterocycles. The van der Waals surface area contributed by atoms with Gasteiger partial charge in [-0.2, -0.15) is 5.10 Å². The van der Waals surface area contributed by atoms with Gasteiger partial charge in [-0.25, -0.2) is 0 Å². The van der Waals surface area contributed by atoms with E-state index in [2.05, 4.69) is 10.2 Å². The van der Waals surface area contributed by atoms with E-state index in [9.17, 15) is 0 Å². The number of halogens is 1. The van der Waals surface area contributed by atoms with Crippen LogP contribution in [0.3, 0.4) is 0 Å². The molecule has 0 unspecified atom stereocenters. The van der Waals surface area contributed by atoms with Gasteiger partial charge < -0.3 is 20.9 Å². The minimum atomic E-state index is -0.0980. The molecule has 0 aromatic heterocycles. The minimum Gasteiger partial charge on any atom is -0.490 e. The quantitative estimate of drug-likeness (QED) is 0.457. The largest absolute Gasteiger partial charge is 0.490 e. The Bertz CT molecular complexity index is 726. The van der Waals surface area contributed by atoms with Crippen LogP contribution < -0.4 is 20.9 Å². The van der Waals surface area contributed by atoms with Crippen molar-refractivity contribution in [3.8, 4) is 11.5 Å². The molecule has 0 radical (unpaired) electrons. The maximum Gasteiger partial charge on any atom is 0.211 e. The molecular weight excluding hydrogens is 328 g/mol. The summed E-state index contributed by atoms with van der Waals surface area (Å²) in [6.45, 7) is 2.84. The lowest BCUT2D eigenvalue weighted by Gasteiger charge is -2.12. The molecule has 7 heteroatoms. The summed E-state index contributed by atoms with van der Waals surface area (Å²) in [6, 6.07) is 13.0. The molecule has 126 valence electrons. The maximum absolute atomic E-state index is 5.88. The summed E-state index contributed by atoms with van der Waals surface area (Å²) in [7, 11) is 0. The summed E-state index contributed by atoms with van der Waals surface area (Å²) in [5.41, 5.74) is 12.3. The van der Waals surface area contributed by atoms with E-state index in [0.29, 0.717) is 29.7 Å². The fraction of sp³-hybridized carbons (Fsp3) is 0.176. The van der Waals surface area contributed by atoms with Crippen LogP contribution >= 0.6 is 11.6 Å². The third-order valence-electron chi connectivity index (χ3n) is 2.96. The molecule has 24 heavy (non-hydrogen) atoms. The topological polar surface area (TPSA) is 95.2 Å². The highest BCUT2D eigenvalue weighted by molar-refractivity contribution is 6.30. The van der Waals surface area contributed by atoms with Crippen molar-refractivity contribution in [3.05, 3.63) is 58.6 Å². The summed E-state index contributed by atoms with van der Waals surface area (Å²) in [5.74, 6) is 1.17. The third kappa shape index (κ3) is 5.48. The number of guanidine groups is 1. The van der Waals surface area contributed by atoms with Crippen molar-refractivity contribution in [2.75, 3.05) is 6.61 Å². The summed E-state index contributed by atoms with van der Waals surface area (Å²) >= 11 is 5.88. The van der Waals surface area contributed by atoms with Gasteiger partial charge >= 0.3 is 0 Å². The molecule has 0 aliphatic heterocycles. The van der Waals surface area contributed by atoms with Crippen molar-refractivity contribution < 1.29 is 9.47 Å². The molecule has 0 saturated heterocycles. The van der Waals surface area contributed by atoms with Crippen LogP contribution in [0.4, 0.5) is 0 Å². The smallest absolute Gasteiger partial charge is 0.211 e. The summed E-state index contributed by atoms with van der Waals surface area (Å²) in [5, 5.41) is 8.03. The molecular formula is C17H19ClN4O2. The molecule has 2 aromatic rings. The lowest BCUT2D eigenvalue weighted by Crippen LogP contribution is -2.21. The first kappa shape index (κ1) is 17.6. The SMILES string of the molecule is CCOc1cc(C=NN=C(N)N)ccc1OCc1ccc(Cl)cc1. The van der Waals surface area contributed by atoms with Crippen LogP contribution in [0.15, 0.2) is 52.7 Å². The highest BCUT2D eigenvalue weighted by Gasteiger charge is 2.06. The summed E-state index contributed by atoms with van der Waals surface area (Å²) in [6.07, 6.45) is 1.53. The number of nitrogens with zero attached hydrogens (tertiary/aromatic N) is 2. The number of benzene rings is 2. The summed E-state index contributed by atoms with van der Waals surface area (Å²) in [4.78, 5) is 0. The minimum absolute atomic E-state index is 0.0980. The first-order chi connectivity index (χ1) is 11.6. The van der Waals surface area contributed by atoms with Gasteiger partial charge in [0.05, 0.1) is 12.8 Å². The second-order valence-electron chi connectivity index (χ2n) is 4.82. The zero-order chi connectivity index (χ0) is 17.4. The molecule has 0 amide bonds. The van der Waals surface area contributed by atoms with Crippen LogP contribution in [0.2, 0.25) is 5.02 Å². The molecule has 2 rings (SSSR count). The Kier molecular flexibility index (Phi) is 6.45. The fourth-order valence-corrected chi connectivity index (χ4v) is 2.02. The van der Waals surface area contributed by atoms with Crippen molar-refractivity contribution in [2.24, 2.45) is 21.7 Å². The number of ether oxygens (including phenoxy) is 2. The Morgan fingerprint density at radius 1 is 1.08 bits per heavy atom. The van der Waals surface area contributed by atoms with Crippen molar-refractivity contribution in [1.82, 2.24) is 0 Å². The van der Waals surface area contributed by atoms with E-state index in [-0.39, 0.29) is 5.96 Å². The maximum atomic E-state index is 5.88. The van der Waals surface area contributed by atoms with Crippen LogP contribution in [-0.4, -0.2) is 18.8 Å². The van der Waals surface area contributed by atoms with E-state index < -0.39 is 0 Å². The second kappa shape index (κ2) is 8.79. The first-order valence-corrected chi connectivity index (χ1v) is 7.72. The average molecular weight is 347 g/mol. The van der Waals surface area contributed by atoms with Crippen molar-refractivity contribution in [3.63, 3.8) is 0 Å². The van der Waals surface area contributed by atoms with Gasteiger partial charge in [0.2, 0.25) is 5.96 Å². The number of hydrogen-bond acceptors (Lipinski definition) is 4. The van der Waals surface area contributed by atoms with Crippen molar-refractivity contribution in [1.29, 1.82) is 0 Å². The molecule has 4 N–H and O–H groups in total. The molecule has 0 aliphatic rings. The van der Waals surface area contributed by atoms with Gasteiger partial charge in [-0.15, -0.1) is 5.10 Å². The van der Waals surface area contributed by atoms with Gasteiger partial charge in [0.1, 0.15) is 6.61 Å². The fourth-order valence-electron chi connectivity index (χ4n) is 1.90. The zero-order valence-corrected chi connectivity index (χ0v) is 14.0. The first-order valence-electron chi connectivity index (χ1n) is 7.34. The van der Waals surface area contributed by atoms with E-state index in [1.165, 1.54) is 6.21 Å². The molecule has 0 atom stereocenters. The van der Waals surface area contributed by atoms with Crippen LogP contribution in [0.25, 0.3) is 0 Å². The molecule has 6 nitrogen and oxygen atoms in total. The third-order valence-corrected chi connectivity index (χ3v) is 3.21. The van der Waals surface area contributed by atoms with Gasteiger partial charge in [0.15, 0.2) is 11.5 Å². The standard InChI is InChI=1S/C17H19ClN4O2/c1-2-23-16-9-13(10-21-22-17(19)20)5-8-15(16)24-11-12-3-6-14(18)7-4-12/h3-10H,2,11H2,1H3,(H4,19,20,22). The molecule has 0 saturated carbocycles. The van der Waals surface area contributed by atoms with E-state index in [4.69, 9.17) is 32.5 Å². The lowest BCUT2D eigenvalue weighted by atomic mass is 10.2. The van der Waals surface area contributed by atoms with E-state index in [0.717, 1.165) is 11.1 Å².